The fourth-order valence-corrected chi connectivity index (χ4v) is 4.31. The second-order valence-corrected chi connectivity index (χ2v) is 7.81. The third-order valence-electron chi connectivity index (χ3n) is 5.87. The van der Waals surface area contributed by atoms with Gasteiger partial charge in [0.1, 0.15) is 5.75 Å². The van der Waals surface area contributed by atoms with Crippen molar-refractivity contribution in [3.63, 3.8) is 0 Å². The molecule has 0 amide bonds. The minimum atomic E-state index is 0.383. The monoisotopic (exact) mass is 351 g/mol. The molecule has 2 aliphatic rings. The number of rotatable bonds is 4. The second-order valence-electron chi connectivity index (χ2n) is 7.81. The maximum atomic E-state index is 9.80. The molecule has 1 aliphatic carbocycles. The summed E-state index contributed by atoms with van der Waals surface area (Å²) in [5.41, 5.74) is 5.25. The maximum absolute atomic E-state index is 9.80. The van der Waals surface area contributed by atoms with Gasteiger partial charge in [-0.15, -0.1) is 0 Å². The Morgan fingerprint density at radius 2 is 1.73 bits per heavy atom. The lowest BCUT2D eigenvalue weighted by Crippen LogP contribution is -2.43. The van der Waals surface area contributed by atoms with Crippen molar-refractivity contribution in [1.29, 1.82) is 0 Å². The zero-order valence-corrected chi connectivity index (χ0v) is 15.8. The summed E-state index contributed by atoms with van der Waals surface area (Å²) in [5.74, 6) is 0.383. The standard InChI is InChI=1S/C22H29N3O/c1-24(2)18-5-7-19(8-6-18)25-13-11-17(12-14-25)23-22-10-4-16-3-9-20(26)15-21(16)22/h3,5-9,15,17,22-23,26H,4,10-14H2,1-2H3. The predicted molar refractivity (Wildman–Crippen MR) is 108 cm³/mol. The van der Waals surface area contributed by atoms with Crippen molar-refractivity contribution in [2.75, 3.05) is 37.0 Å². The zero-order chi connectivity index (χ0) is 18.1. The molecule has 4 rings (SSSR count). The van der Waals surface area contributed by atoms with Crippen molar-refractivity contribution in [3.8, 4) is 5.75 Å². The van der Waals surface area contributed by atoms with Gasteiger partial charge in [-0.05, 0) is 73.2 Å². The van der Waals surface area contributed by atoms with Gasteiger partial charge in [-0.3, -0.25) is 0 Å². The molecule has 4 heteroatoms. The van der Waals surface area contributed by atoms with Crippen LogP contribution in [-0.2, 0) is 6.42 Å². The van der Waals surface area contributed by atoms with Gasteiger partial charge in [-0.25, -0.2) is 0 Å². The van der Waals surface area contributed by atoms with Crippen LogP contribution in [0.2, 0.25) is 0 Å². The Balaban J connectivity index is 1.34. The molecule has 1 aliphatic heterocycles. The molecule has 0 aromatic heterocycles. The van der Waals surface area contributed by atoms with Crippen molar-refractivity contribution in [1.82, 2.24) is 5.32 Å². The Morgan fingerprint density at radius 3 is 2.42 bits per heavy atom. The quantitative estimate of drug-likeness (QED) is 0.881. The van der Waals surface area contributed by atoms with Crippen molar-refractivity contribution < 1.29 is 5.11 Å². The fraction of sp³-hybridized carbons (Fsp3) is 0.455. The van der Waals surface area contributed by atoms with Gasteiger partial charge < -0.3 is 20.2 Å². The van der Waals surface area contributed by atoms with Crippen LogP contribution in [0.15, 0.2) is 42.5 Å². The summed E-state index contributed by atoms with van der Waals surface area (Å²) < 4.78 is 0. The lowest BCUT2D eigenvalue weighted by atomic mass is 10.0. The first-order chi connectivity index (χ1) is 12.6. The number of piperidine rings is 1. The highest BCUT2D eigenvalue weighted by molar-refractivity contribution is 5.56. The molecule has 4 nitrogen and oxygen atoms in total. The van der Waals surface area contributed by atoms with Gasteiger partial charge in [0.2, 0.25) is 0 Å². The Bertz CT molecular complexity index is 748. The number of aryl methyl sites for hydroxylation is 1. The van der Waals surface area contributed by atoms with Crippen LogP contribution in [0.25, 0.3) is 0 Å². The average molecular weight is 351 g/mol. The van der Waals surface area contributed by atoms with E-state index in [0.717, 1.165) is 25.9 Å². The van der Waals surface area contributed by atoms with Crippen molar-refractivity contribution in [3.05, 3.63) is 53.6 Å². The van der Waals surface area contributed by atoms with E-state index < -0.39 is 0 Å². The summed E-state index contributed by atoms with van der Waals surface area (Å²) in [6, 6.07) is 15.6. The predicted octanol–water partition coefficient (Wildman–Crippen LogP) is 3.70. The second kappa shape index (κ2) is 7.20. The van der Waals surface area contributed by atoms with Crippen LogP contribution in [0.4, 0.5) is 11.4 Å². The van der Waals surface area contributed by atoms with Crippen LogP contribution >= 0.6 is 0 Å². The Morgan fingerprint density at radius 1 is 1.00 bits per heavy atom. The van der Waals surface area contributed by atoms with Gasteiger partial charge in [-0.1, -0.05) is 6.07 Å². The van der Waals surface area contributed by atoms with Crippen molar-refractivity contribution in [2.24, 2.45) is 0 Å². The molecule has 138 valence electrons. The highest BCUT2D eigenvalue weighted by Gasteiger charge is 2.27. The van der Waals surface area contributed by atoms with E-state index in [0.29, 0.717) is 17.8 Å². The number of fused-ring (bicyclic) bond motifs is 1. The Labute approximate surface area is 156 Å². The van der Waals surface area contributed by atoms with Gasteiger partial charge in [0.25, 0.3) is 0 Å². The van der Waals surface area contributed by atoms with E-state index in [1.165, 1.54) is 35.3 Å². The van der Waals surface area contributed by atoms with Crippen LogP contribution in [0.5, 0.6) is 5.75 Å². The number of benzene rings is 2. The number of phenols is 1. The average Bonchev–Trinajstić information content (AvgIpc) is 3.04. The van der Waals surface area contributed by atoms with Crippen LogP contribution in [0.1, 0.15) is 36.4 Å². The van der Waals surface area contributed by atoms with Crippen LogP contribution in [-0.4, -0.2) is 38.3 Å². The first-order valence-corrected chi connectivity index (χ1v) is 9.70. The smallest absolute Gasteiger partial charge is 0.115 e. The van der Waals surface area contributed by atoms with Gasteiger partial charge in [-0.2, -0.15) is 0 Å². The van der Waals surface area contributed by atoms with Crippen LogP contribution in [0, 0.1) is 0 Å². The van der Waals surface area contributed by atoms with E-state index in [2.05, 4.69) is 59.5 Å². The number of phenolic OH excluding ortho intramolecular Hbond substituents is 1. The van der Waals surface area contributed by atoms with E-state index in [9.17, 15) is 5.11 Å². The highest BCUT2D eigenvalue weighted by Crippen LogP contribution is 2.34. The van der Waals surface area contributed by atoms with Gasteiger partial charge >= 0.3 is 0 Å². The molecule has 1 fully saturated rings. The Hall–Kier alpha value is -2.20. The number of nitrogens with one attached hydrogen (secondary N) is 1. The molecule has 26 heavy (non-hydrogen) atoms. The molecular formula is C22H29N3O. The number of hydrogen-bond donors (Lipinski definition) is 2. The molecular weight excluding hydrogens is 322 g/mol. The number of anilines is 2. The van der Waals surface area contributed by atoms with Gasteiger partial charge in [0, 0.05) is 50.6 Å². The first kappa shape index (κ1) is 17.2. The van der Waals surface area contributed by atoms with Crippen molar-refractivity contribution >= 4 is 11.4 Å². The highest BCUT2D eigenvalue weighted by atomic mass is 16.3. The molecule has 1 heterocycles. The topological polar surface area (TPSA) is 38.7 Å². The van der Waals surface area contributed by atoms with Crippen LogP contribution < -0.4 is 15.1 Å². The summed E-state index contributed by atoms with van der Waals surface area (Å²) >= 11 is 0. The lowest BCUT2D eigenvalue weighted by molar-refractivity contribution is 0.368. The molecule has 2 N–H and O–H groups in total. The molecule has 0 saturated carbocycles. The molecule has 0 radical (unpaired) electrons. The third kappa shape index (κ3) is 3.51. The summed E-state index contributed by atoms with van der Waals surface area (Å²) in [5, 5.41) is 13.6. The summed E-state index contributed by atoms with van der Waals surface area (Å²) in [4.78, 5) is 4.63. The van der Waals surface area contributed by atoms with E-state index >= 15 is 0 Å². The largest absolute Gasteiger partial charge is 0.508 e. The van der Waals surface area contributed by atoms with Gasteiger partial charge in [0.05, 0.1) is 0 Å². The Kier molecular flexibility index (Phi) is 4.77. The normalized spacial score (nSPS) is 20.2. The molecule has 2 aromatic carbocycles. The minimum Gasteiger partial charge on any atom is -0.508 e. The molecule has 0 bridgehead atoms. The molecule has 0 spiro atoms. The zero-order valence-electron chi connectivity index (χ0n) is 15.8. The minimum absolute atomic E-state index is 0.383. The third-order valence-corrected chi connectivity index (χ3v) is 5.87. The van der Waals surface area contributed by atoms with Crippen molar-refractivity contribution in [2.45, 2.75) is 37.8 Å². The fourth-order valence-electron chi connectivity index (χ4n) is 4.31. The van der Waals surface area contributed by atoms with E-state index in [1.807, 2.05) is 6.07 Å². The SMILES string of the molecule is CN(C)c1ccc(N2CCC(NC3CCc4ccc(O)cc43)CC2)cc1. The molecule has 1 saturated heterocycles. The van der Waals surface area contributed by atoms with E-state index in [-0.39, 0.29) is 0 Å². The van der Waals surface area contributed by atoms with E-state index in [4.69, 9.17) is 0 Å². The lowest BCUT2D eigenvalue weighted by Gasteiger charge is -2.35. The van der Waals surface area contributed by atoms with E-state index in [1.54, 1.807) is 6.07 Å². The number of nitrogens with zero attached hydrogens (tertiary/aromatic N) is 2. The van der Waals surface area contributed by atoms with Crippen LogP contribution in [0.3, 0.4) is 0 Å². The molecule has 1 atom stereocenters. The first-order valence-electron chi connectivity index (χ1n) is 9.70. The summed E-state index contributed by atoms with van der Waals surface area (Å²) in [6.45, 7) is 2.19. The maximum Gasteiger partial charge on any atom is 0.115 e. The molecule has 2 aromatic rings. The number of hydrogen-bond acceptors (Lipinski definition) is 4. The van der Waals surface area contributed by atoms with Gasteiger partial charge in [0.15, 0.2) is 0 Å². The number of aromatic hydroxyl groups is 1. The molecule has 1 unspecified atom stereocenters. The summed E-state index contributed by atoms with van der Waals surface area (Å²) in [6.07, 6.45) is 4.59. The summed E-state index contributed by atoms with van der Waals surface area (Å²) in [7, 11) is 4.15.